The molecule has 1 saturated heterocycles. The molecule has 0 bridgehead atoms. The lowest BCUT2D eigenvalue weighted by atomic mass is 10.2. The molecule has 0 saturated carbocycles. The third-order valence-corrected chi connectivity index (χ3v) is 3.56. The number of carbonyl (C=O) groups excluding carboxylic acids is 2. The van der Waals surface area contributed by atoms with Gasteiger partial charge in [0, 0.05) is 5.69 Å². The summed E-state index contributed by atoms with van der Waals surface area (Å²) in [4.78, 5) is 25.3. The lowest BCUT2D eigenvalue weighted by Crippen LogP contribution is -2.30. The maximum absolute atomic E-state index is 12.0. The van der Waals surface area contributed by atoms with Gasteiger partial charge in [-0.2, -0.15) is 0 Å². The van der Waals surface area contributed by atoms with Gasteiger partial charge in [-0.3, -0.25) is 14.5 Å². The van der Waals surface area contributed by atoms with Crippen molar-refractivity contribution >= 4 is 40.5 Å². The fourth-order valence-electron chi connectivity index (χ4n) is 2.14. The van der Waals surface area contributed by atoms with Crippen molar-refractivity contribution in [3.63, 3.8) is 0 Å². The summed E-state index contributed by atoms with van der Waals surface area (Å²) in [7, 11) is 0. The van der Waals surface area contributed by atoms with Gasteiger partial charge in [0.25, 0.3) is 11.8 Å². The SMILES string of the molecule is C[C@H]1NC(=S)N(c2ccc(NC(=O)c3ccco3)cc2)C1=O. The maximum atomic E-state index is 12.0. The van der Waals surface area contributed by atoms with Gasteiger partial charge in [0.15, 0.2) is 10.9 Å². The Bertz CT molecular complexity index is 725. The van der Waals surface area contributed by atoms with Crippen LogP contribution in [0.4, 0.5) is 11.4 Å². The molecular weight excluding hydrogens is 302 g/mol. The van der Waals surface area contributed by atoms with Crippen molar-refractivity contribution in [3.8, 4) is 0 Å². The average molecular weight is 315 g/mol. The third-order valence-electron chi connectivity index (χ3n) is 3.26. The van der Waals surface area contributed by atoms with Gasteiger partial charge in [-0.1, -0.05) is 0 Å². The monoisotopic (exact) mass is 315 g/mol. The highest BCUT2D eigenvalue weighted by molar-refractivity contribution is 7.80. The zero-order valence-corrected chi connectivity index (χ0v) is 12.5. The topological polar surface area (TPSA) is 74.6 Å². The van der Waals surface area contributed by atoms with Gasteiger partial charge in [-0.05, 0) is 55.5 Å². The van der Waals surface area contributed by atoms with E-state index in [1.54, 1.807) is 43.3 Å². The molecule has 0 spiro atoms. The highest BCUT2D eigenvalue weighted by atomic mass is 32.1. The Morgan fingerprint density at radius 2 is 2.05 bits per heavy atom. The Labute approximate surface area is 132 Å². The van der Waals surface area contributed by atoms with E-state index in [0.717, 1.165) is 0 Å². The van der Waals surface area contributed by atoms with Crippen molar-refractivity contribution in [3.05, 3.63) is 48.4 Å². The van der Waals surface area contributed by atoms with Gasteiger partial charge < -0.3 is 15.1 Å². The van der Waals surface area contributed by atoms with Gasteiger partial charge in [-0.15, -0.1) is 0 Å². The Kier molecular flexibility index (Phi) is 3.64. The van der Waals surface area contributed by atoms with E-state index in [1.807, 2.05) is 0 Å². The molecule has 1 aliphatic heterocycles. The van der Waals surface area contributed by atoms with E-state index in [1.165, 1.54) is 11.2 Å². The van der Waals surface area contributed by atoms with E-state index in [4.69, 9.17) is 16.6 Å². The third kappa shape index (κ3) is 2.58. The van der Waals surface area contributed by atoms with E-state index in [9.17, 15) is 9.59 Å². The fourth-order valence-corrected chi connectivity index (χ4v) is 2.52. The molecule has 0 aliphatic carbocycles. The van der Waals surface area contributed by atoms with Gasteiger partial charge in [0.05, 0.1) is 12.0 Å². The van der Waals surface area contributed by atoms with Crippen LogP contribution < -0.4 is 15.5 Å². The summed E-state index contributed by atoms with van der Waals surface area (Å²) >= 11 is 5.15. The molecule has 1 aliphatic rings. The second kappa shape index (κ2) is 5.61. The summed E-state index contributed by atoms with van der Waals surface area (Å²) in [6, 6.07) is 9.75. The predicted octanol–water partition coefficient (Wildman–Crippen LogP) is 2.14. The van der Waals surface area contributed by atoms with Crippen LogP contribution in [-0.2, 0) is 4.79 Å². The Hall–Kier alpha value is -2.67. The van der Waals surface area contributed by atoms with Crippen LogP contribution in [0.3, 0.4) is 0 Å². The molecule has 0 radical (unpaired) electrons. The summed E-state index contributed by atoms with van der Waals surface area (Å²) in [5, 5.41) is 5.99. The molecule has 2 amide bonds. The summed E-state index contributed by atoms with van der Waals surface area (Å²) in [5.74, 6) is -0.198. The van der Waals surface area contributed by atoms with Crippen molar-refractivity contribution in [1.29, 1.82) is 0 Å². The summed E-state index contributed by atoms with van der Waals surface area (Å²) in [6.07, 6.45) is 1.44. The average Bonchev–Trinajstić information content (AvgIpc) is 3.10. The summed E-state index contributed by atoms with van der Waals surface area (Å²) in [5.41, 5.74) is 1.26. The molecule has 3 rings (SSSR count). The van der Waals surface area contributed by atoms with Crippen molar-refractivity contribution < 1.29 is 14.0 Å². The molecule has 1 atom stereocenters. The predicted molar refractivity (Wildman–Crippen MR) is 85.8 cm³/mol. The van der Waals surface area contributed by atoms with Crippen molar-refractivity contribution in [1.82, 2.24) is 5.32 Å². The number of benzene rings is 1. The van der Waals surface area contributed by atoms with Crippen LogP contribution in [0.25, 0.3) is 0 Å². The number of hydrogen-bond acceptors (Lipinski definition) is 4. The smallest absolute Gasteiger partial charge is 0.291 e. The lowest BCUT2D eigenvalue weighted by molar-refractivity contribution is -0.117. The van der Waals surface area contributed by atoms with Crippen LogP contribution in [0.5, 0.6) is 0 Å². The largest absolute Gasteiger partial charge is 0.459 e. The van der Waals surface area contributed by atoms with E-state index >= 15 is 0 Å². The standard InChI is InChI=1S/C15H13N3O3S/c1-9-14(20)18(15(22)16-9)11-6-4-10(5-7-11)17-13(19)12-3-2-8-21-12/h2-9H,1H3,(H,16,22)(H,17,19)/t9-/m1/s1. The number of furan rings is 1. The minimum absolute atomic E-state index is 0.0997. The summed E-state index contributed by atoms with van der Waals surface area (Å²) in [6.45, 7) is 1.76. The number of nitrogens with one attached hydrogen (secondary N) is 2. The first-order chi connectivity index (χ1) is 10.6. The van der Waals surface area contributed by atoms with Crippen LogP contribution >= 0.6 is 12.2 Å². The first-order valence-corrected chi connectivity index (χ1v) is 7.06. The molecule has 22 heavy (non-hydrogen) atoms. The van der Waals surface area contributed by atoms with E-state index in [2.05, 4.69) is 10.6 Å². The number of anilines is 2. The number of hydrogen-bond donors (Lipinski definition) is 2. The second-order valence-corrected chi connectivity index (χ2v) is 5.21. The molecular formula is C15H13N3O3S. The first-order valence-electron chi connectivity index (χ1n) is 6.65. The number of rotatable bonds is 3. The minimum atomic E-state index is -0.333. The zero-order valence-electron chi connectivity index (χ0n) is 11.7. The van der Waals surface area contributed by atoms with E-state index in [0.29, 0.717) is 16.5 Å². The fraction of sp³-hybridized carbons (Fsp3) is 0.133. The van der Waals surface area contributed by atoms with Gasteiger partial charge in [0.2, 0.25) is 0 Å². The normalized spacial score (nSPS) is 17.5. The second-order valence-electron chi connectivity index (χ2n) is 4.82. The lowest BCUT2D eigenvalue weighted by Gasteiger charge is -2.15. The molecule has 2 aromatic rings. The van der Waals surface area contributed by atoms with Crippen LogP contribution in [0.15, 0.2) is 47.1 Å². The van der Waals surface area contributed by atoms with Gasteiger partial charge in [0.1, 0.15) is 6.04 Å². The number of thiocarbonyl (C=S) groups is 1. The van der Waals surface area contributed by atoms with Crippen molar-refractivity contribution in [2.45, 2.75) is 13.0 Å². The molecule has 1 aromatic heterocycles. The van der Waals surface area contributed by atoms with E-state index < -0.39 is 0 Å². The Morgan fingerprint density at radius 3 is 2.59 bits per heavy atom. The molecule has 1 fully saturated rings. The number of nitrogens with zero attached hydrogens (tertiary/aromatic N) is 1. The maximum Gasteiger partial charge on any atom is 0.291 e. The number of carbonyl (C=O) groups is 2. The van der Waals surface area contributed by atoms with Crippen molar-refractivity contribution in [2.24, 2.45) is 0 Å². The highest BCUT2D eigenvalue weighted by Crippen LogP contribution is 2.22. The highest BCUT2D eigenvalue weighted by Gasteiger charge is 2.33. The molecule has 2 heterocycles. The number of amides is 2. The summed E-state index contributed by atoms with van der Waals surface area (Å²) < 4.78 is 5.02. The molecule has 0 unspecified atom stereocenters. The molecule has 2 N–H and O–H groups in total. The molecule has 112 valence electrons. The minimum Gasteiger partial charge on any atom is -0.459 e. The van der Waals surface area contributed by atoms with Crippen LogP contribution in [0.1, 0.15) is 17.5 Å². The molecule has 7 heteroatoms. The molecule has 6 nitrogen and oxygen atoms in total. The van der Waals surface area contributed by atoms with Gasteiger partial charge >= 0.3 is 0 Å². The van der Waals surface area contributed by atoms with Crippen LogP contribution in [0.2, 0.25) is 0 Å². The van der Waals surface area contributed by atoms with Crippen LogP contribution in [-0.4, -0.2) is 23.0 Å². The van der Waals surface area contributed by atoms with Crippen molar-refractivity contribution in [2.75, 3.05) is 10.2 Å². The first kappa shape index (κ1) is 14.3. The van der Waals surface area contributed by atoms with Gasteiger partial charge in [-0.25, -0.2) is 0 Å². The molecule has 1 aromatic carbocycles. The van der Waals surface area contributed by atoms with Crippen LogP contribution in [0, 0.1) is 0 Å². The Morgan fingerprint density at radius 1 is 1.32 bits per heavy atom. The Balaban J connectivity index is 1.75. The van der Waals surface area contributed by atoms with E-state index in [-0.39, 0.29) is 23.6 Å². The zero-order chi connectivity index (χ0) is 15.7. The quantitative estimate of drug-likeness (QED) is 0.849.